The molecule has 0 fully saturated rings. The summed E-state index contributed by atoms with van der Waals surface area (Å²) >= 11 is 0. The summed E-state index contributed by atoms with van der Waals surface area (Å²) in [5, 5.41) is 19.5. The van der Waals surface area contributed by atoms with Crippen LogP contribution in [-0.4, -0.2) is 16.5 Å². The Morgan fingerprint density at radius 3 is 2.31 bits per heavy atom. The highest BCUT2D eigenvalue weighted by Gasteiger charge is 2.28. The van der Waals surface area contributed by atoms with E-state index >= 15 is 0 Å². The fourth-order valence-corrected chi connectivity index (χ4v) is 1.18. The van der Waals surface area contributed by atoms with Crippen LogP contribution in [0.3, 0.4) is 0 Å². The van der Waals surface area contributed by atoms with Gasteiger partial charge in [0.1, 0.15) is 5.75 Å². The van der Waals surface area contributed by atoms with Crippen LogP contribution in [-0.2, 0) is 0 Å². The monoisotopic (exact) mass is 236 g/mol. The fourth-order valence-electron chi connectivity index (χ4n) is 1.18. The third kappa shape index (κ3) is 2.15. The zero-order valence-corrected chi connectivity index (χ0v) is 7.73. The minimum Gasteiger partial charge on any atom is -0.507 e. The van der Waals surface area contributed by atoms with Gasteiger partial charge in [0.15, 0.2) is 6.17 Å². The highest BCUT2D eigenvalue weighted by molar-refractivity contribution is 5.61. The van der Waals surface area contributed by atoms with Crippen molar-refractivity contribution in [3.63, 3.8) is 0 Å². The molecule has 0 radical (unpaired) electrons. The van der Waals surface area contributed by atoms with Gasteiger partial charge in [-0.1, -0.05) is 0 Å². The highest BCUT2D eigenvalue weighted by atomic mass is 19.3. The minimum absolute atomic E-state index is 0.570. The minimum atomic E-state index is -3.37. The number of nitro benzene ring substituents is 1. The zero-order valence-electron chi connectivity index (χ0n) is 7.73. The number of aromatic hydroxyl groups is 1. The molecular weight excluding hydrogens is 229 g/mol. The van der Waals surface area contributed by atoms with Gasteiger partial charge < -0.3 is 10.8 Å². The molecule has 0 aliphatic rings. The Morgan fingerprint density at radius 1 is 1.38 bits per heavy atom. The molecule has 88 valence electrons. The number of halogens is 3. The maximum absolute atomic E-state index is 13.0. The standard InChI is InChI=1S/C8H7F3N2O3/c9-7(8(10)11)6-4(12)1-3(13(15)16)2-5(6)14/h1-2,7-8,14H,12H2. The lowest BCUT2D eigenvalue weighted by molar-refractivity contribution is -0.384. The van der Waals surface area contributed by atoms with Gasteiger partial charge in [-0.05, 0) is 0 Å². The molecule has 0 heterocycles. The second-order valence-electron chi connectivity index (χ2n) is 2.96. The lowest BCUT2D eigenvalue weighted by Gasteiger charge is -2.11. The molecule has 0 spiro atoms. The Labute approximate surface area is 87.4 Å². The molecule has 5 nitrogen and oxygen atoms in total. The average Bonchev–Trinajstić information content (AvgIpc) is 2.15. The molecule has 16 heavy (non-hydrogen) atoms. The Kier molecular flexibility index (Phi) is 3.21. The van der Waals surface area contributed by atoms with E-state index in [1.807, 2.05) is 0 Å². The first-order chi connectivity index (χ1) is 7.34. The third-order valence-electron chi connectivity index (χ3n) is 1.88. The van der Waals surface area contributed by atoms with Gasteiger partial charge in [0.2, 0.25) is 0 Å². The second kappa shape index (κ2) is 4.25. The molecule has 0 aliphatic carbocycles. The molecule has 0 aromatic heterocycles. The van der Waals surface area contributed by atoms with Crippen LogP contribution in [0, 0.1) is 10.1 Å². The van der Waals surface area contributed by atoms with E-state index in [2.05, 4.69) is 0 Å². The van der Waals surface area contributed by atoms with Crippen molar-refractivity contribution < 1.29 is 23.2 Å². The smallest absolute Gasteiger partial charge is 0.275 e. The van der Waals surface area contributed by atoms with E-state index in [-0.39, 0.29) is 0 Å². The normalized spacial score (nSPS) is 12.8. The van der Waals surface area contributed by atoms with Gasteiger partial charge in [-0.15, -0.1) is 0 Å². The molecule has 3 N–H and O–H groups in total. The number of nitrogen functional groups attached to an aromatic ring is 1. The van der Waals surface area contributed by atoms with Gasteiger partial charge in [0, 0.05) is 11.8 Å². The van der Waals surface area contributed by atoms with E-state index in [0.29, 0.717) is 12.1 Å². The van der Waals surface area contributed by atoms with Gasteiger partial charge in [0.25, 0.3) is 12.1 Å². The van der Waals surface area contributed by atoms with Gasteiger partial charge in [-0.2, -0.15) is 0 Å². The number of phenolic OH excluding ortho intramolecular Hbond substituents is 1. The Balaban J connectivity index is 3.28. The van der Waals surface area contributed by atoms with Gasteiger partial charge in [-0.3, -0.25) is 10.1 Å². The quantitative estimate of drug-likeness (QED) is 0.478. The first kappa shape index (κ1) is 12.1. The van der Waals surface area contributed by atoms with Gasteiger partial charge >= 0.3 is 0 Å². The van der Waals surface area contributed by atoms with E-state index in [0.717, 1.165) is 0 Å². The summed E-state index contributed by atoms with van der Waals surface area (Å²) in [5.41, 5.74) is 3.15. The average molecular weight is 236 g/mol. The summed E-state index contributed by atoms with van der Waals surface area (Å²) < 4.78 is 37.1. The molecule has 0 bridgehead atoms. The van der Waals surface area contributed by atoms with Crippen LogP contribution in [0.25, 0.3) is 0 Å². The molecule has 0 saturated heterocycles. The van der Waals surface area contributed by atoms with E-state index in [4.69, 9.17) is 5.73 Å². The predicted molar refractivity (Wildman–Crippen MR) is 49.0 cm³/mol. The van der Waals surface area contributed by atoms with Crippen molar-refractivity contribution in [2.24, 2.45) is 0 Å². The van der Waals surface area contributed by atoms with Gasteiger partial charge in [-0.25, -0.2) is 13.2 Å². The Bertz CT molecular complexity index is 402. The van der Waals surface area contributed by atoms with Crippen molar-refractivity contribution in [2.45, 2.75) is 12.6 Å². The number of phenols is 1. The van der Waals surface area contributed by atoms with Crippen molar-refractivity contribution in [2.75, 3.05) is 5.73 Å². The van der Waals surface area contributed by atoms with E-state index < -0.39 is 40.2 Å². The maximum Gasteiger partial charge on any atom is 0.275 e. The number of non-ortho nitro benzene ring substituents is 1. The molecular formula is C8H7F3N2O3. The number of nitro groups is 1. The molecule has 1 atom stereocenters. The summed E-state index contributed by atoms with van der Waals surface area (Å²) in [7, 11) is 0. The van der Waals surface area contributed by atoms with Crippen molar-refractivity contribution in [3.8, 4) is 5.75 Å². The van der Waals surface area contributed by atoms with Crippen LogP contribution in [0.15, 0.2) is 12.1 Å². The van der Waals surface area contributed by atoms with Crippen LogP contribution < -0.4 is 5.73 Å². The lowest BCUT2D eigenvalue weighted by atomic mass is 10.1. The van der Waals surface area contributed by atoms with Crippen LogP contribution >= 0.6 is 0 Å². The third-order valence-corrected chi connectivity index (χ3v) is 1.88. The molecule has 0 aliphatic heterocycles. The van der Waals surface area contributed by atoms with Crippen molar-refractivity contribution in [1.82, 2.24) is 0 Å². The summed E-state index contributed by atoms with van der Waals surface area (Å²) in [5.74, 6) is -0.959. The summed E-state index contributed by atoms with van der Waals surface area (Å²) in [6.07, 6.45) is -6.14. The number of rotatable bonds is 3. The number of hydrogen-bond acceptors (Lipinski definition) is 4. The molecule has 0 saturated carbocycles. The van der Waals surface area contributed by atoms with Crippen molar-refractivity contribution in [1.29, 1.82) is 0 Å². The van der Waals surface area contributed by atoms with Crippen LogP contribution in [0.5, 0.6) is 5.75 Å². The summed E-state index contributed by atoms with van der Waals surface area (Å²) in [6, 6.07) is 1.28. The van der Waals surface area contributed by atoms with Crippen molar-refractivity contribution in [3.05, 3.63) is 27.8 Å². The summed E-state index contributed by atoms with van der Waals surface area (Å²) in [4.78, 5) is 9.44. The predicted octanol–water partition coefficient (Wildman–Crippen LogP) is 2.16. The number of nitrogens with two attached hydrogens (primary N) is 1. The number of benzene rings is 1. The topological polar surface area (TPSA) is 89.4 Å². The molecule has 1 rings (SSSR count). The molecule has 0 amide bonds. The zero-order chi connectivity index (χ0) is 12.5. The molecule has 1 unspecified atom stereocenters. The number of hydrogen-bond donors (Lipinski definition) is 2. The molecule has 8 heteroatoms. The second-order valence-corrected chi connectivity index (χ2v) is 2.96. The van der Waals surface area contributed by atoms with Crippen LogP contribution in [0.2, 0.25) is 0 Å². The van der Waals surface area contributed by atoms with Crippen molar-refractivity contribution >= 4 is 11.4 Å². The molecule has 1 aromatic carbocycles. The maximum atomic E-state index is 13.0. The first-order valence-corrected chi connectivity index (χ1v) is 4.03. The fraction of sp³-hybridized carbons (Fsp3) is 0.250. The Hall–Kier alpha value is -1.99. The van der Waals surface area contributed by atoms with Crippen LogP contribution in [0.1, 0.15) is 11.7 Å². The Morgan fingerprint density at radius 2 is 1.94 bits per heavy atom. The SMILES string of the molecule is Nc1cc([N+](=O)[O-])cc(O)c1C(F)C(F)F. The highest BCUT2D eigenvalue weighted by Crippen LogP contribution is 2.38. The van der Waals surface area contributed by atoms with E-state index in [1.54, 1.807) is 0 Å². The first-order valence-electron chi connectivity index (χ1n) is 4.03. The number of nitrogens with zero attached hydrogens (tertiary/aromatic N) is 1. The number of alkyl halides is 3. The molecule has 1 aromatic rings. The summed E-state index contributed by atoms with van der Waals surface area (Å²) in [6.45, 7) is 0. The van der Waals surface area contributed by atoms with E-state index in [1.165, 1.54) is 0 Å². The largest absolute Gasteiger partial charge is 0.507 e. The van der Waals surface area contributed by atoms with Gasteiger partial charge in [0.05, 0.1) is 16.6 Å². The van der Waals surface area contributed by atoms with Crippen LogP contribution in [0.4, 0.5) is 24.5 Å². The lowest BCUT2D eigenvalue weighted by Crippen LogP contribution is -2.07. The number of anilines is 1. The van der Waals surface area contributed by atoms with E-state index in [9.17, 15) is 28.4 Å².